The van der Waals surface area contributed by atoms with Gasteiger partial charge in [0.05, 0.1) is 16.4 Å². The zero-order valence-corrected chi connectivity index (χ0v) is 20.4. The molecular weight excluding hydrogens is 476 g/mol. The Labute approximate surface area is 205 Å². The third kappa shape index (κ3) is 6.42. The van der Waals surface area contributed by atoms with Crippen LogP contribution in [0.1, 0.15) is 20.8 Å². The van der Waals surface area contributed by atoms with E-state index in [1.165, 1.54) is 0 Å². The highest BCUT2D eigenvalue weighted by Crippen LogP contribution is 2.43. The fraction of sp³-hybridized carbons (Fsp3) is 0.250. The maximum Gasteiger partial charge on any atom is 0.407 e. The number of rotatable bonds is 8. The quantitative estimate of drug-likeness (QED) is 0.520. The van der Waals surface area contributed by atoms with Crippen molar-refractivity contribution < 1.29 is 29.0 Å². The van der Waals surface area contributed by atoms with Gasteiger partial charge in [0.2, 0.25) is 0 Å². The van der Waals surface area contributed by atoms with Crippen LogP contribution in [-0.2, 0) is 19.1 Å². The van der Waals surface area contributed by atoms with Gasteiger partial charge in [-0.25, -0.2) is 9.59 Å². The summed E-state index contributed by atoms with van der Waals surface area (Å²) in [6, 6.07) is 16.4. The molecule has 0 radical (unpaired) electrons. The van der Waals surface area contributed by atoms with Crippen molar-refractivity contribution in [1.29, 1.82) is 0 Å². The molecule has 3 amide bonds. The molecule has 0 fully saturated rings. The number of amides is 3. The molecule has 0 unspecified atom stereocenters. The van der Waals surface area contributed by atoms with Crippen molar-refractivity contribution >= 4 is 47.4 Å². The average molecular weight is 501 g/mol. The molecule has 2 N–H and O–H groups in total. The maximum atomic E-state index is 13.3. The molecule has 0 aromatic heterocycles. The first kappa shape index (κ1) is 25.4. The van der Waals surface area contributed by atoms with Gasteiger partial charge >= 0.3 is 12.1 Å². The van der Waals surface area contributed by atoms with E-state index in [-0.39, 0.29) is 9.81 Å². The number of nitrogens with one attached hydrogen (secondary N) is 1. The van der Waals surface area contributed by atoms with Crippen LogP contribution in [0.4, 0.5) is 4.79 Å². The lowest BCUT2D eigenvalue weighted by Gasteiger charge is -2.25. The molecule has 1 atom stereocenters. The first-order chi connectivity index (χ1) is 16.1. The predicted molar refractivity (Wildman–Crippen MR) is 129 cm³/mol. The summed E-state index contributed by atoms with van der Waals surface area (Å²) in [5.41, 5.74) is -0.789. The Balaban J connectivity index is 1.89. The number of imide groups is 1. The van der Waals surface area contributed by atoms with Crippen LogP contribution in [0.5, 0.6) is 0 Å². The van der Waals surface area contributed by atoms with Crippen LogP contribution in [0.15, 0.2) is 80.3 Å². The fourth-order valence-corrected chi connectivity index (χ4v) is 5.00. The van der Waals surface area contributed by atoms with Crippen LogP contribution >= 0.6 is 23.5 Å². The summed E-state index contributed by atoms with van der Waals surface area (Å²) in [4.78, 5) is 53.2. The molecule has 0 aliphatic carbocycles. The van der Waals surface area contributed by atoms with Crippen molar-refractivity contribution in [2.24, 2.45) is 0 Å². The van der Waals surface area contributed by atoms with Gasteiger partial charge in [-0.3, -0.25) is 14.5 Å². The van der Waals surface area contributed by atoms with E-state index in [1.807, 2.05) is 12.1 Å². The Kier molecular flexibility index (Phi) is 8.06. The highest BCUT2D eigenvalue weighted by molar-refractivity contribution is 8.08. The topological polar surface area (TPSA) is 113 Å². The zero-order valence-electron chi connectivity index (χ0n) is 18.8. The number of carbonyl (C=O) groups is 4. The number of benzene rings is 2. The summed E-state index contributed by atoms with van der Waals surface area (Å²) >= 11 is 2.19. The number of hydrogen-bond acceptors (Lipinski definition) is 7. The Morgan fingerprint density at radius 1 is 0.912 bits per heavy atom. The van der Waals surface area contributed by atoms with Crippen LogP contribution in [0.25, 0.3) is 0 Å². The number of carboxylic acid groups (broad SMARTS) is 1. The Morgan fingerprint density at radius 2 is 1.35 bits per heavy atom. The molecule has 1 aliphatic heterocycles. The van der Waals surface area contributed by atoms with E-state index in [9.17, 15) is 24.3 Å². The molecule has 2 aromatic rings. The van der Waals surface area contributed by atoms with E-state index in [0.29, 0.717) is 4.90 Å². The lowest BCUT2D eigenvalue weighted by molar-refractivity contribution is -0.153. The van der Waals surface area contributed by atoms with Crippen molar-refractivity contribution in [3.63, 3.8) is 0 Å². The molecular formula is C24H24N2O6S2. The second-order valence-electron chi connectivity index (χ2n) is 8.21. The SMILES string of the molecule is CC(C)(C)OC(=O)NC[C@@H](C(=O)O)N1C(=O)C(Sc2ccccc2)=C(Sc2ccccc2)C1=O. The number of thioether (sulfide) groups is 2. The van der Waals surface area contributed by atoms with E-state index in [4.69, 9.17) is 4.74 Å². The standard InChI is InChI=1S/C24H24N2O6S2/c1-24(2,3)32-23(31)25-14-17(22(29)30)26-20(27)18(33-15-10-6-4-7-11-15)19(21(26)28)34-16-12-8-5-9-13-16/h4-13,17H,14H2,1-3H3,(H,25,31)(H,29,30)/t17-/m0/s1. The van der Waals surface area contributed by atoms with Gasteiger partial charge in [-0.2, -0.15) is 0 Å². The zero-order chi connectivity index (χ0) is 24.9. The number of aliphatic carboxylic acids is 1. The number of carbonyl (C=O) groups excluding carboxylic acids is 3. The molecule has 1 aliphatic rings. The van der Waals surface area contributed by atoms with E-state index < -0.39 is 42.1 Å². The Bertz CT molecular complexity index is 1050. The number of hydrogen-bond donors (Lipinski definition) is 2. The van der Waals surface area contributed by atoms with Gasteiger partial charge in [0.1, 0.15) is 5.60 Å². The summed E-state index contributed by atoms with van der Waals surface area (Å²) in [6.07, 6.45) is -0.844. The predicted octanol–water partition coefficient (Wildman–Crippen LogP) is 4.13. The van der Waals surface area contributed by atoms with Crippen molar-refractivity contribution in [1.82, 2.24) is 10.2 Å². The average Bonchev–Trinajstić information content (AvgIpc) is 2.98. The molecule has 0 saturated carbocycles. The summed E-state index contributed by atoms with van der Waals surface area (Å²) in [6.45, 7) is 4.50. The molecule has 8 nitrogen and oxygen atoms in total. The van der Waals surface area contributed by atoms with Gasteiger partial charge in [-0.1, -0.05) is 59.9 Å². The second kappa shape index (κ2) is 10.8. The van der Waals surface area contributed by atoms with Crippen molar-refractivity contribution in [2.45, 2.75) is 42.2 Å². The van der Waals surface area contributed by atoms with Crippen molar-refractivity contribution in [3.05, 3.63) is 70.5 Å². The van der Waals surface area contributed by atoms with Gasteiger partial charge in [0, 0.05) is 9.79 Å². The third-order valence-electron chi connectivity index (χ3n) is 4.39. The molecule has 0 saturated heterocycles. The van der Waals surface area contributed by atoms with Gasteiger partial charge < -0.3 is 15.2 Å². The first-order valence-corrected chi connectivity index (χ1v) is 12.0. The van der Waals surface area contributed by atoms with Gasteiger partial charge in [0.15, 0.2) is 6.04 Å². The summed E-state index contributed by atoms with van der Waals surface area (Å²) in [5, 5.41) is 12.1. The van der Waals surface area contributed by atoms with Crippen LogP contribution in [0.2, 0.25) is 0 Å². The minimum absolute atomic E-state index is 0.133. The monoisotopic (exact) mass is 500 g/mol. The number of carboxylic acids is 1. The number of alkyl carbamates (subject to hydrolysis) is 1. The summed E-state index contributed by atoms with van der Waals surface area (Å²) in [7, 11) is 0. The largest absolute Gasteiger partial charge is 0.480 e. The van der Waals surface area contributed by atoms with Crippen LogP contribution in [-0.4, -0.2) is 52.1 Å². The molecule has 34 heavy (non-hydrogen) atoms. The molecule has 0 bridgehead atoms. The molecule has 0 spiro atoms. The second-order valence-corrected chi connectivity index (χ2v) is 10.4. The van der Waals surface area contributed by atoms with Gasteiger partial charge in [-0.15, -0.1) is 0 Å². The lowest BCUT2D eigenvalue weighted by atomic mass is 10.2. The van der Waals surface area contributed by atoms with Gasteiger partial charge in [-0.05, 0) is 45.0 Å². The Hall–Kier alpha value is -3.24. The first-order valence-electron chi connectivity index (χ1n) is 10.3. The van der Waals surface area contributed by atoms with Crippen molar-refractivity contribution in [3.8, 4) is 0 Å². The van der Waals surface area contributed by atoms with E-state index in [0.717, 1.165) is 33.3 Å². The van der Waals surface area contributed by atoms with E-state index in [2.05, 4.69) is 5.32 Å². The van der Waals surface area contributed by atoms with Crippen LogP contribution in [0, 0.1) is 0 Å². The lowest BCUT2D eigenvalue weighted by Crippen LogP contribution is -2.52. The fourth-order valence-electron chi connectivity index (χ4n) is 2.96. The number of nitrogens with zero attached hydrogens (tertiary/aromatic N) is 1. The smallest absolute Gasteiger partial charge is 0.407 e. The highest BCUT2D eigenvalue weighted by Gasteiger charge is 2.45. The van der Waals surface area contributed by atoms with E-state index >= 15 is 0 Å². The van der Waals surface area contributed by atoms with Gasteiger partial charge in [0.25, 0.3) is 11.8 Å². The molecule has 1 heterocycles. The van der Waals surface area contributed by atoms with E-state index in [1.54, 1.807) is 69.3 Å². The van der Waals surface area contributed by atoms with Crippen molar-refractivity contribution in [2.75, 3.05) is 6.54 Å². The molecule has 10 heteroatoms. The Morgan fingerprint density at radius 3 is 1.74 bits per heavy atom. The summed E-state index contributed by atoms with van der Waals surface area (Å²) < 4.78 is 5.13. The minimum Gasteiger partial charge on any atom is -0.480 e. The highest BCUT2D eigenvalue weighted by atomic mass is 32.2. The normalized spacial score (nSPS) is 14.9. The molecule has 178 valence electrons. The third-order valence-corrected chi connectivity index (χ3v) is 6.70. The maximum absolute atomic E-state index is 13.3. The van der Waals surface area contributed by atoms with Crippen LogP contribution in [0.3, 0.4) is 0 Å². The molecule has 2 aromatic carbocycles. The van der Waals surface area contributed by atoms with Crippen LogP contribution < -0.4 is 5.32 Å². The molecule has 3 rings (SSSR count). The number of ether oxygens (including phenoxy) is 1. The minimum atomic E-state index is -1.60. The summed E-state index contributed by atoms with van der Waals surface area (Å²) in [5.74, 6) is -2.88.